The molecule has 0 spiro atoms. The minimum atomic E-state index is 0.399. The van der Waals surface area contributed by atoms with Crippen LogP contribution >= 0.6 is 0 Å². The van der Waals surface area contributed by atoms with E-state index in [0.29, 0.717) is 5.92 Å². The Hall–Kier alpha value is -4.63. The average Bonchev–Trinajstić information content (AvgIpc) is 2.99. The van der Waals surface area contributed by atoms with Crippen LogP contribution in [0.2, 0.25) is 0 Å². The minimum absolute atomic E-state index is 0.399. The van der Waals surface area contributed by atoms with Crippen LogP contribution in [0.25, 0.3) is 33.4 Å². The number of fused-ring (bicyclic) bond motifs is 2. The van der Waals surface area contributed by atoms with Crippen LogP contribution in [-0.4, -0.2) is 14.1 Å². The standard InChI is InChI=1S/C36H33N2O/c1-25(2)30-17-11-12-18-31(30)36-32-21-19-28(37(3)26-13-7-5-8-14-26)23-34(32)39-35-24-29(20-22-33(35)36)38(4)27-15-9-6-10-16-27/h5-25H,1-4H3/q+1. The molecule has 4 aromatic carbocycles. The fourth-order valence-electron chi connectivity index (χ4n) is 5.40. The molecule has 0 unspecified atom stereocenters. The van der Waals surface area contributed by atoms with Crippen molar-refractivity contribution in [3.8, 4) is 22.5 Å². The SMILES string of the molecule is CC(C)c1ccccc1-c1c2ccc(=[N+](C)c3ccccc3)cc-2oc2cc(N(C)c3ccccc3)ccc12. The Morgan fingerprint density at radius 2 is 1.36 bits per heavy atom. The zero-order chi connectivity index (χ0) is 26.9. The fourth-order valence-corrected chi connectivity index (χ4v) is 5.40. The fraction of sp³-hybridized carbons (Fsp3) is 0.139. The summed E-state index contributed by atoms with van der Waals surface area (Å²) in [6.07, 6.45) is 0. The smallest absolute Gasteiger partial charge is 0.209 e. The highest BCUT2D eigenvalue weighted by molar-refractivity contribution is 6.03. The summed E-state index contributed by atoms with van der Waals surface area (Å²) in [6, 6.07) is 42.7. The first-order valence-corrected chi connectivity index (χ1v) is 13.5. The van der Waals surface area contributed by atoms with Crippen LogP contribution in [0.15, 0.2) is 126 Å². The molecular formula is C36H33N2O+. The van der Waals surface area contributed by atoms with E-state index < -0.39 is 0 Å². The van der Waals surface area contributed by atoms with Gasteiger partial charge in [0.25, 0.3) is 0 Å². The molecule has 0 atom stereocenters. The molecule has 1 heterocycles. The molecule has 0 saturated carbocycles. The Balaban J connectivity index is 1.64. The van der Waals surface area contributed by atoms with Crippen molar-refractivity contribution in [2.45, 2.75) is 19.8 Å². The largest absolute Gasteiger partial charge is 0.456 e. The molecule has 2 aliphatic rings. The van der Waals surface area contributed by atoms with Gasteiger partial charge in [0.15, 0.2) is 0 Å². The first kappa shape index (κ1) is 24.7. The number of para-hydroxylation sites is 2. The van der Waals surface area contributed by atoms with E-state index in [1.54, 1.807) is 0 Å². The van der Waals surface area contributed by atoms with Gasteiger partial charge in [0.2, 0.25) is 11.0 Å². The van der Waals surface area contributed by atoms with Crippen LogP contribution in [0.4, 0.5) is 17.1 Å². The molecule has 1 aliphatic carbocycles. The van der Waals surface area contributed by atoms with Crippen molar-refractivity contribution >= 4 is 28.0 Å². The molecule has 3 nitrogen and oxygen atoms in total. The third-order valence-corrected chi connectivity index (χ3v) is 7.60. The molecule has 0 aromatic heterocycles. The van der Waals surface area contributed by atoms with Crippen molar-refractivity contribution in [1.82, 2.24) is 4.58 Å². The number of rotatable bonds is 5. The number of anilines is 2. The molecule has 0 saturated heterocycles. The summed E-state index contributed by atoms with van der Waals surface area (Å²) in [4.78, 5) is 2.19. The molecule has 0 bridgehead atoms. The summed E-state index contributed by atoms with van der Waals surface area (Å²) in [7, 11) is 4.19. The Labute approximate surface area is 230 Å². The zero-order valence-electron chi connectivity index (χ0n) is 22.9. The van der Waals surface area contributed by atoms with Crippen LogP contribution < -0.4 is 14.8 Å². The number of hydrogen-bond donors (Lipinski definition) is 0. The third kappa shape index (κ3) is 4.61. The topological polar surface area (TPSA) is 19.4 Å². The molecule has 39 heavy (non-hydrogen) atoms. The lowest BCUT2D eigenvalue weighted by atomic mass is 9.87. The zero-order valence-corrected chi connectivity index (χ0v) is 22.9. The maximum Gasteiger partial charge on any atom is 0.209 e. The second kappa shape index (κ2) is 10.3. The molecule has 1 aliphatic heterocycles. The van der Waals surface area contributed by atoms with Crippen molar-refractivity contribution in [1.29, 1.82) is 0 Å². The van der Waals surface area contributed by atoms with E-state index in [9.17, 15) is 0 Å². The van der Waals surface area contributed by atoms with Gasteiger partial charge in [-0.3, -0.25) is 0 Å². The maximum absolute atomic E-state index is 6.71. The molecule has 0 N–H and O–H groups in total. The van der Waals surface area contributed by atoms with E-state index in [1.165, 1.54) is 16.7 Å². The summed E-state index contributed by atoms with van der Waals surface area (Å²) in [5.74, 6) is 1.27. The highest BCUT2D eigenvalue weighted by Gasteiger charge is 2.21. The lowest BCUT2D eigenvalue weighted by molar-refractivity contribution is 0.618. The molecule has 0 fully saturated rings. The van der Waals surface area contributed by atoms with Crippen molar-refractivity contribution in [3.05, 3.63) is 132 Å². The van der Waals surface area contributed by atoms with Crippen LogP contribution in [0.5, 0.6) is 0 Å². The van der Waals surface area contributed by atoms with Gasteiger partial charge in [0.1, 0.15) is 18.4 Å². The first-order valence-electron chi connectivity index (χ1n) is 13.5. The van der Waals surface area contributed by atoms with Crippen molar-refractivity contribution in [3.63, 3.8) is 0 Å². The molecule has 3 heteroatoms. The maximum atomic E-state index is 6.71. The molecular weight excluding hydrogens is 476 g/mol. The van der Waals surface area contributed by atoms with Gasteiger partial charge in [-0.25, -0.2) is 0 Å². The molecule has 4 aromatic rings. The lowest BCUT2D eigenvalue weighted by Crippen LogP contribution is -2.21. The van der Waals surface area contributed by atoms with E-state index in [1.807, 2.05) is 12.1 Å². The Morgan fingerprint density at radius 1 is 0.667 bits per heavy atom. The second-order valence-electron chi connectivity index (χ2n) is 10.4. The third-order valence-electron chi connectivity index (χ3n) is 7.60. The predicted octanol–water partition coefficient (Wildman–Crippen LogP) is 8.83. The highest BCUT2D eigenvalue weighted by Crippen LogP contribution is 2.43. The number of nitrogens with zero attached hydrogens (tertiary/aromatic N) is 2. The van der Waals surface area contributed by atoms with Gasteiger partial charge in [-0.05, 0) is 47.4 Å². The predicted molar refractivity (Wildman–Crippen MR) is 164 cm³/mol. The number of benzene rings is 5. The van der Waals surface area contributed by atoms with Gasteiger partial charge >= 0.3 is 0 Å². The number of hydrogen-bond acceptors (Lipinski definition) is 2. The van der Waals surface area contributed by atoms with E-state index in [0.717, 1.165) is 44.7 Å². The Bertz CT molecular complexity index is 1800. The van der Waals surface area contributed by atoms with E-state index in [2.05, 4.69) is 147 Å². The minimum Gasteiger partial charge on any atom is -0.456 e. The Morgan fingerprint density at radius 3 is 2.10 bits per heavy atom. The monoisotopic (exact) mass is 509 g/mol. The quantitative estimate of drug-likeness (QED) is 0.171. The van der Waals surface area contributed by atoms with Gasteiger partial charge < -0.3 is 9.32 Å². The average molecular weight is 510 g/mol. The van der Waals surface area contributed by atoms with Gasteiger partial charge in [-0.2, -0.15) is 4.58 Å². The summed E-state index contributed by atoms with van der Waals surface area (Å²) in [5, 5.41) is 2.20. The summed E-state index contributed by atoms with van der Waals surface area (Å²) in [6.45, 7) is 4.52. The molecule has 0 radical (unpaired) electrons. The van der Waals surface area contributed by atoms with Gasteiger partial charge in [-0.15, -0.1) is 0 Å². The van der Waals surface area contributed by atoms with Crippen molar-refractivity contribution < 1.29 is 4.42 Å². The molecule has 6 rings (SSSR count). The van der Waals surface area contributed by atoms with Gasteiger partial charge in [0.05, 0.1) is 6.07 Å². The second-order valence-corrected chi connectivity index (χ2v) is 10.4. The first-order chi connectivity index (χ1) is 19.0. The summed E-state index contributed by atoms with van der Waals surface area (Å²) >= 11 is 0. The normalized spacial score (nSPS) is 12.2. The van der Waals surface area contributed by atoms with Crippen LogP contribution in [0.3, 0.4) is 0 Å². The van der Waals surface area contributed by atoms with Crippen molar-refractivity contribution in [2.24, 2.45) is 0 Å². The van der Waals surface area contributed by atoms with E-state index in [4.69, 9.17) is 4.42 Å². The van der Waals surface area contributed by atoms with E-state index >= 15 is 0 Å². The Kier molecular flexibility index (Phi) is 6.50. The van der Waals surface area contributed by atoms with Crippen molar-refractivity contribution in [2.75, 3.05) is 19.0 Å². The summed E-state index contributed by atoms with van der Waals surface area (Å²) < 4.78 is 8.90. The van der Waals surface area contributed by atoms with Crippen LogP contribution in [-0.2, 0) is 0 Å². The molecule has 0 amide bonds. The van der Waals surface area contributed by atoms with Crippen LogP contribution in [0, 0.1) is 0 Å². The summed E-state index contributed by atoms with van der Waals surface area (Å²) in [5.41, 5.74) is 9.15. The molecule has 192 valence electrons. The van der Waals surface area contributed by atoms with E-state index in [-0.39, 0.29) is 0 Å². The highest BCUT2D eigenvalue weighted by atomic mass is 16.3. The van der Waals surface area contributed by atoms with Gasteiger partial charge in [0, 0.05) is 59.2 Å². The van der Waals surface area contributed by atoms with Gasteiger partial charge in [-0.1, -0.05) is 74.5 Å². The van der Waals surface area contributed by atoms with Crippen LogP contribution in [0.1, 0.15) is 25.3 Å². The lowest BCUT2D eigenvalue weighted by Gasteiger charge is -2.22.